The molecule has 8 heteroatoms. The predicted molar refractivity (Wildman–Crippen MR) is 79.0 cm³/mol. The van der Waals surface area contributed by atoms with Crippen LogP contribution in [-0.2, 0) is 16.6 Å². The molecule has 0 spiro atoms. The van der Waals surface area contributed by atoms with Gasteiger partial charge in [-0.15, -0.1) is 11.3 Å². The fourth-order valence-corrected chi connectivity index (χ4v) is 3.61. The van der Waals surface area contributed by atoms with E-state index in [1.165, 1.54) is 12.1 Å². The Morgan fingerprint density at radius 2 is 1.90 bits per heavy atom. The van der Waals surface area contributed by atoms with E-state index in [2.05, 4.69) is 9.71 Å². The highest BCUT2D eigenvalue weighted by molar-refractivity contribution is 7.89. The quantitative estimate of drug-likeness (QED) is 0.875. The molecular formula is C13H14N2O4S2. The molecule has 0 aliphatic carbocycles. The summed E-state index contributed by atoms with van der Waals surface area (Å²) in [6.45, 7) is 3.42. The number of nitrogens with zero attached hydrogens (tertiary/aromatic N) is 1. The number of aromatic carboxylic acids is 1. The molecule has 0 aliphatic heterocycles. The molecule has 2 aromatic rings. The summed E-state index contributed by atoms with van der Waals surface area (Å²) < 4.78 is 26.6. The lowest BCUT2D eigenvalue weighted by Gasteiger charge is -2.05. The molecule has 112 valence electrons. The molecular weight excluding hydrogens is 312 g/mol. The number of sulfonamides is 1. The van der Waals surface area contributed by atoms with Crippen LogP contribution in [0.3, 0.4) is 0 Å². The van der Waals surface area contributed by atoms with Crippen molar-refractivity contribution >= 4 is 27.3 Å². The molecule has 0 atom stereocenters. The largest absolute Gasteiger partial charge is 0.477 e. The van der Waals surface area contributed by atoms with Crippen molar-refractivity contribution in [3.05, 3.63) is 45.4 Å². The maximum absolute atomic E-state index is 12.1. The number of aryl methyl sites for hydroxylation is 2. The highest BCUT2D eigenvalue weighted by Gasteiger charge is 2.17. The zero-order valence-corrected chi connectivity index (χ0v) is 13.1. The highest BCUT2D eigenvalue weighted by Crippen LogP contribution is 2.18. The van der Waals surface area contributed by atoms with E-state index in [0.29, 0.717) is 10.7 Å². The summed E-state index contributed by atoms with van der Waals surface area (Å²) in [4.78, 5) is 15.3. The maximum atomic E-state index is 12.1. The van der Waals surface area contributed by atoms with Gasteiger partial charge in [0.2, 0.25) is 10.0 Å². The predicted octanol–water partition coefficient (Wildman–Crippen LogP) is 1.94. The average Bonchev–Trinajstić information content (AvgIpc) is 2.79. The van der Waals surface area contributed by atoms with Crippen LogP contribution in [0.15, 0.2) is 29.2 Å². The number of carboxylic acids is 1. The van der Waals surface area contributed by atoms with Gasteiger partial charge in [-0.1, -0.05) is 17.7 Å². The second-order valence-electron chi connectivity index (χ2n) is 4.46. The van der Waals surface area contributed by atoms with Gasteiger partial charge >= 0.3 is 5.97 Å². The van der Waals surface area contributed by atoms with E-state index in [0.717, 1.165) is 16.9 Å². The first-order valence-corrected chi connectivity index (χ1v) is 8.35. The van der Waals surface area contributed by atoms with Gasteiger partial charge in [0.1, 0.15) is 9.88 Å². The first kappa shape index (κ1) is 15.6. The van der Waals surface area contributed by atoms with Crippen molar-refractivity contribution in [3.8, 4) is 0 Å². The van der Waals surface area contributed by atoms with E-state index in [1.54, 1.807) is 19.1 Å². The Hall–Kier alpha value is -1.77. The second-order valence-corrected chi connectivity index (χ2v) is 7.32. The van der Waals surface area contributed by atoms with Crippen molar-refractivity contribution in [2.75, 3.05) is 0 Å². The Balaban J connectivity index is 2.13. The van der Waals surface area contributed by atoms with Crippen molar-refractivity contribution in [2.24, 2.45) is 0 Å². The Kier molecular flexibility index (Phi) is 4.40. The number of nitrogens with one attached hydrogen (secondary N) is 1. The van der Waals surface area contributed by atoms with Crippen LogP contribution in [0.2, 0.25) is 0 Å². The lowest BCUT2D eigenvalue weighted by atomic mass is 10.2. The van der Waals surface area contributed by atoms with Crippen LogP contribution in [0.1, 0.15) is 25.9 Å². The lowest BCUT2D eigenvalue weighted by Crippen LogP contribution is -2.23. The summed E-state index contributed by atoms with van der Waals surface area (Å²) in [6, 6.07) is 6.47. The Morgan fingerprint density at radius 1 is 1.29 bits per heavy atom. The molecule has 21 heavy (non-hydrogen) atoms. The topological polar surface area (TPSA) is 96.4 Å². The molecule has 1 heterocycles. The van der Waals surface area contributed by atoms with Gasteiger partial charge in [0, 0.05) is 0 Å². The van der Waals surface area contributed by atoms with Crippen molar-refractivity contribution in [1.29, 1.82) is 0 Å². The van der Waals surface area contributed by atoms with Gasteiger partial charge in [-0.3, -0.25) is 0 Å². The fraction of sp³-hybridized carbons (Fsp3) is 0.231. The zero-order valence-electron chi connectivity index (χ0n) is 11.5. The maximum Gasteiger partial charge on any atom is 0.347 e. The molecule has 6 nitrogen and oxygen atoms in total. The minimum Gasteiger partial charge on any atom is -0.477 e. The van der Waals surface area contributed by atoms with Crippen molar-refractivity contribution in [2.45, 2.75) is 25.3 Å². The Morgan fingerprint density at radius 3 is 2.43 bits per heavy atom. The summed E-state index contributed by atoms with van der Waals surface area (Å²) in [7, 11) is -3.63. The third-order valence-electron chi connectivity index (χ3n) is 2.78. The van der Waals surface area contributed by atoms with E-state index >= 15 is 0 Å². The lowest BCUT2D eigenvalue weighted by molar-refractivity contribution is 0.0701. The standard InChI is InChI=1S/C13H14N2O4S2/c1-8-3-5-10(6-4-8)21(18,19)14-7-11-15-9(2)12(20-11)13(16)17/h3-6,14H,7H2,1-2H3,(H,16,17). The number of rotatable bonds is 5. The molecule has 0 fully saturated rings. The molecule has 0 saturated carbocycles. The van der Waals surface area contributed by atoms with Gasteiger partial charge in [-0.2, -0.15) is 0 Å². The third-order valence-corrected chi connectivity index (χ3v) is 5.34. The molecule has 0 aliphatic rings. The summed E-state index contributed by atoms with van der Waals surface area (Å²) in [5.41, 5.74) is 1.35. The summed E-state index contributed by atoms with van der Waals surface area (Å²) in [5, 5.41) is 9.36. The van der Waals surface area contributed by atoms with Crippen molar-refractivity contribution < 1.29 is 18.3 Å². The van der Waals surface area contributed by atoms with E-state index in [4.69, 9.17) is 5.11 Å². The molecule has 1 aromatic carbocycles. The third kappa shape index (κ3) is 3.66. The van der Waals surface area contributed by atoms with Gasteiger partial charge < -0.3 is 5.11 Å². The summed E-state index contributed by atoms with van der Waals surface area (Å²) >= 11 is 0.968. The fourth-order valence-electron chi connectivity index (χ4n) is 1.68. The number of carbonyl (C=O) groups is 1. The number of hydrogen-bond donors (Lipinski definition) is 2. The van der Waals surface area contributed by atoms with Crippen LogP contribution in [0.5, 0.6) is 0 Å². The van der Waals surface area contributed by atoms with Gasteiger partial charge in [0.15, 0.2) is 0 Å². The van der Waals surface area contributed by atoms with Gasteiger partial charge in [-0.25, -0.2) is 22.9 Å². The molecule has 2 rings (SSSR count). The number of aromatic nitrogens is 1. The molecule has 2 N–H and O–H groups in total. The van der Waals surface area contributed by atoms with Crippen LogP contribution in [0.4, 0.5) is 0 Å². The molecule has 0 radical (unpaired) electrons. The second kappa shape index (κ2) is 5.92. The smallest absolute Gasteiger partial charge is 0.347 e. The van der Waals surface area contributed by atoms with E-state index in [9.17, 15) is 13.2 Å². The van der Waals surface area contributed by atoms with E-state index in [-0.39, 0.29) is 16.3 Å². The van der Waals surface area contributed by atoms with Crippen molar-refractivity contribution in [3.63, 3.8) is 0 Å². The average molecular weight is 326 g/mol. The molecule has 0 amide bonds. The molecule has 0 saturated heterocycles. The minimum atomic E-state index is -3.63. The van der Waals surface area contributed by atoms with Crippen molar-refractivity contribution in [1.82, 2.24) is 9.71 Å². The van der Waals surface area contributed by atoms with Gasteiger partial charge in [-0.05, 0) is 26.0 Å². The van der Waals surface area contributed by atoms with Crippen LogP contribution in [-0.4, -0.2) is 24.5 Å². The van der Waals surface area contributed by atoms with Crippen LogP contribution in [0, 0.1) is 13.8 Å². The minimum absolute atomic E-state index is 0.0327. The van der Waals surface area contributed by atoms with E-state index < -0.39 is 16.0 Å². The van der Waals surface area contributed by atoms with Crippen LogP contribution < -0.4 is 4.72 Å². The SMILES string of the molecule is Cc1ccc(S(=O)(=O)NCc2nc(C)c(C(=O)O)s2)cc1. The Bertz CT molecular complexity index is 764. The summed E-state index contributed by atoms with van der Waals surface area (Å²) in [6.07, 6.45) is 0. The number of carboxylic acid groups (broad SMARTS) is 1. The highest BCUT2D eigenvalue weighted by atomic mass is 32.2. The number of thiazole rings is 1. The first-order chi connectivity index (χ1) is 9.79. The number of hydrogen-bond acceptors (Lipinski definition) is 5. The Labute approximate surface area is 126 Å². The zero-order chi connectivity index (χ0) is 15.6. The monoisotopic (exact) mass is 326 g/mol. The molecule has 0 bridgehead atoms. The normalized spacial score (nSPS) is 11.5. The summed E-state index contributed by atoms with van der Waals surface area (Å²) in [5.74, 6) is -1.06. The molecule has 1 aromatic heterocycles. The van der Waals surface area contributed by atoms with E-state index in [1.807, 2.05) is 6.92 Å². The molecule has 0 unspecified atom stereocenters. The van der Waals surface area contributed by atoms with Crippen LogP contribution in [0.25, 0.3) is 0 Å². The van der Waals surface area contributed by atoms with Gasteiger partial charge in [0.25, 0.3) is 0 Å². The van der Waals surface area contributed by atoms with Gasteiger partial charge in [0.05, 0.1) is 17.1 Å². The number of benzene rings is 1. The van der Waals surface area contributed by atoms with Crippen LogP contribution >= 0.6 is 11.3 Å². The first-order valence-electron chi connectivity index (χ1n) is 6.05.